The Balaban J connectivity index is 1.79. The van der Waals surface area contributed by atoms with Gasteiger partial charge in [0, 0.05) is 28.8 Å². The number of aromatic nitrogens is 1. The molecule has 1 saturated heterocycles. The Bertz CT molecular complexity index is 708. The number of amides is 1. The number of para-hydroxylation sites is 1. The molecule has 1 amide bonds. The number of nitrogens with one attached hydrogen (secondary N) is 1. The number of thiazole rings is 1. The summed E-state index contributed by atoms with van der Waals surface area (Å²) in [5, 5.41) is 3.36. The maximum atomic E-state index is 13.1. The molecule has 1 aromatic heterocycles. The van der Waals surface area contributed by atoms with Crippen molar-refractivity contribution in [2.24, 2.45) is 0 Å². The third kappa shape index (κ3) is 3.73. The fraction of sp³-hybridized carbons (Fsp3) is 0.444. The summed E-state index contributed by atoms with van der Waals surface area (Å²) in [4.78, 5) is 20.2. The minimum atomic E-state index is 0.111. The van der Waals surface area contributed by atoms with Gasteiger partial charge in [-0.1, -0.05) is 23.7 Å². The molecule has 24 heavy (non-hydrogen) atoms. The lowest BCUT2D eigenvalue weighted by molar-refractivity contribution is 0.0512. The molecule has 0 radical (unpaired) electrons. The molecule has 1 aromatic carbocycles. The summed E-state index contributed by atoms with van der Waals surface area (Å²) >= 11 is 7.32. The topological polar surface area (TPSA) is 45.2 Å². The molecule has 0 aliphatic carbocycles. The highest BCUT2D eigenvalue weighted by Crippen LogP contribution is 2.27. The van der Waals surface area contributed by atoms with Gasteiger partial charge in [0.2, 0.25) is 0 Å². The van der Waals surface area contributed by atoms with E-state index in [2.05, 4.69) is 24.1 Å². The van der Waals surface area contributed by atoms with Crippen molar-refractivity contribution in [2.75, 3.05) is 5.32 Å². The summed E-state index contributed by atoms with van der Waals surface area (Å²) in [5.41, 5.74) is 1.59. The third-order valence-corrected chi connectivity index (χ3v) is 5.68. The number of hydrogen-bond donors (Lipinski definition) is 1. The van der Waals surface area contributed by atoms with E-state index < -0.39 is 0 Å². The summed E-state index contributed by atoms with van der Waals surface area (Å²) in [6, 6.07) is 8.29. The van der Waals surface area contributed by atoms with Gasteiger partial charge in [0.1, 0.15) is 0 Å². The molecule has 6 heteroatoms. The normalized spacial score (nSPS) is 20.9. The summed E-state index contributed by atoms with van der Waals surface area (Å²) in [7, 11) is 0. The maximum absolute atomic E-state index is 13.1. The van der Waals surface area contributed by atoms with Gasteiger partial charge in [0.05, 0.1) is 12.1 Å². The van der Waals surface area contributed by atoms with Gasteiger partial charge in [-0.25, -0.2) is 4.98 Å². The van der Waals surface area contributed by atoms with Crippen LogP contribution in [-0.4, -0.2) is 27.9 Å². The molecule has 2 unspecified atom stereocenters. The van der Waals surface area contributed by atoms with Crippen LogP contribution >= 0.6 is 22.9 Å². The molecular weight excluding hydrogens is 342 g/mol. The molecule has 128 valence electrons. The first kappa shape index (κ1) is 17.2. The molecule has 3 rings (SSSR count). The van der Waals surface area contributed by atoms with Crippen LogP contribution in [0.5, 0.6) is 0 Å². The zero-order chi connectivity index (χ0) is 17.1. The van der Waals surface area contributed by atoms with E-state index in [1.54, 1.807) is 6.20 Å². The highest BCUT2D eigenvalue weighted by Gasteiger charge is 2.30. The van der Waals surface area contributed by atoms with E-state index in [9.17, 15) is 4.79 Å². The summed E-state index contributed by atoms with van der Waals surface area (Å²) < 4.78 is 0.534. The first-order valence-corrected chi connectivity index (χ1v) is 9.51. The SMILES string of the molecule is CC1CCCC(C)N1C(=O)c1ccccc1NCc1cnc(Cl)s1. The largest absolute Gasteiger partial charge is 0.379 e. The van der Waals surface area contributed by atoms with Crippen LogP contribution in [0.4, 0.5) is 5.69 Å². The number of carbonyl (C=O) groups is 1. The Hall–Kier alpha value is -1.59. The number of halogens is 1. The Morgan fingerprint density at radius 3 is 2.71 bits per heavy atom. The molecule has 1 aliphatic rings. The number of rotatable bonds is 4. The van der Waals surface area contributed by atoms with Gasteiger partial charge >= 0.3 is 0 Å². The number of nitrogens with zero attached hydrogens (tertiary/aromatic N) is 2. The van der Waals surface area contributed by atoms with Gasteiger partial charge in [0.25, 0.3) is 5.91 Å². The average molecular weight is 364 g/mol. The minimum Gasteiger partial charge on any atom is -0.379 e. The smallest absolute Gasteiger partial charge is 0.256 e. The van der Waals surface area contributed by atoms with Crippen molar-refractivity contribution >= 4 is 34.5 Å². The van der Waals surface area contributed by atoms with E-state index in [0.29, 0.717) is 11.0 Å². The standard InChI is InChI=1S/C18H22ClN3OS/c1-12-6-5-7-13(2)22(12)17(23)15-8-3-4-9-16(15)20-10-14-11-21-18(19)24-14/h3-4,8-9,11-13,20H,5-7,10H2,1-2H3. The zero-order valence-electron chi connectivity index (χ0n) is 14.0. The van der Waals surface area contributed by atoms with Gasteiger partial charge in [-0.15, -0.1) is 11.3 Å². The summed E-state index contributed by atoms with van der Waals surface area (Å²) in [6.45, 7) is 4.89. The number of likely N-dealkylation sites (tertiary alicyclic amines) is 1. The maximum Gasteiger partial charge on any atom is 0.256 e. The van der Waals surface area contributed by atoms with E-state index in [1.165, 1.54) is 17.8 Å². The first-order valence-electron chi connectivity index (χ1n) is 8.32. The van der Waals surface area contributed by atoms with Crippen LogP contribution in [0, 0.1) is 0 Å². The quantitative estimate of drug-likeness (QED) is 0.847. The number of piperidine rings is 1. The van der Waals surface area contributed by atoms with E-state index in [-0.39, 0.29) is 18.0 Å². The van der Waals surface area contributed by atoms with E-state index >= 15 is 0 Å². The molecule has 0 spiro atoms. The average Bonchev–Trinajstić information content (AvgIpc) is 2.98. The van der Waals surface area contributed by atoms with Crippen LogP contribution in [0.2, 0.25) is 4.47 Å². The molecule has 1 aliphatic heterocycles. The van der Waals surface area contributed by atoms with Crippen LogP contribution in [0.3, 0.4) is 0 Å². The lowest BCUT2D eigenvalue weighted by atomic mass is 9.96. The van der Waals surface area contributed by atoms with Crippen molar-refractivity contribution in [1.82, 2.24) is 9.88 Å². The molecule has 0 bridgehead atoms. The van der Waals surface area contributed by atoms with Gasteiger partial charge in [0.15, 0.2) is 4.47 Å². The lowest BCUT2D eigenvalue weighted by Gasteiger charge is -2.39. The van der Waals surface area contributed by atoms with E-state index in [1.807, 2.05) is 29.2 Å². The predicted molar refractivity (Wildman–Crippen MR) is 99.8 cm³/mol. The van der Waals surface area contributed by atoms with Crippen molar-refractivity contribution < 1.29 is 4.79 Å². The zero-order valence-corrected chi connectivity index (χ0v) is 15.5. The van der Waals surface area contributed by atoms with Crippen LogP contribution in [0.15, 0.2) is 30.5 Å². The van der Waals surface area contributed by atoms with Gasteiger partial charge in [-0.05, 0) is 45.2 Å². The third-order valence-electron chi connectivity index (χ3n) is 4.56. The lowest BCUT2D eigenvalue weighted by Crippen LogP contribution is -2.47. The highest BCUT2D eigenvalue weighted by molar-refractivity contribution is 7.15. The van der Waals surface area contributed by atoms with Crippen molar-refractivity contribution in [3.8, 4) is 0 Å². The van der Waals surface area contributed by atoms with Crippen LogP contribution in [0.1, 0.15) is 48.3 Å². The number of hydrogen-bond acceptors (Lipinski definition) is 4. The van der Waals surface area contributed by atoms with E-state index in [0.717, 1.165) is 29.0 Å². The summed E-state index contributed by atoms with van der Waals surface area (Å²) in [6.07, 6.45) is 5.10. The van der Waals surface area contributed by atoms with Crippen LogP contribution < -0.4 is 5.32 Å². The van der Waals surface area contributed by atoms with Gasteiger partial charge in [-0.2, -0.15) is 0 Å². The minimum absolute atomic E-state index is 0.111. The van der Waals surface area contributed by atoms with Crippen molar-refractivity contribution in [3.05, 3.63) is 45.4 Å². The predicted octanol–water partition coefficient (Wildman–Crippen LogP) is 4.81. The second-order valence-electron chi connectivity index (χ2n) is 6.32. The Morgan fingerprint density at radius 1 is 1.33 bits per heavy atom. The van der Waals surface area contributed by atoms with Crippen molar-refractivity contribution in [3.63, 3.8) is 0 Å². The summed E-state index contributed by atoms with van der Waals surface area (Å²) in [5.74, 6) is 0.111. The Morgan fingerprint density at radius 2 is 2.04 bits per heavy atom. The second-order valence-corrected chi connectivity index (χ2v) is 8.02. The van der Waals surface area contributed by atoms with E-state index in [4.69, 9.17) is 11.6 Å². The fourth-order valence-electron chi connectivity index (χ4n) is 3.33. The number of anilines is 1. The molecule has 2 aromatic rings. The Labute approximate surface area is 151 Å². The number of carbonyl (C=O) groups excluding carboxylic acids is 1. The molecule has 4 nitrogen and oxygen atoms in total. The fourth-order valence-corrected chi connectivity index (χ4v) is 4.25. The van der Waals surface area contributed by atoms with Gasteiger partial charge in [-0.3, -0.25) is 4.79 Å². The highest BCUT2D eigenvalue weighted by atomic mass is 35.5. The second kappa shape index (κ2) is 7.53. The first-order chi connectivity index (χ1) is 11.6. The number of benzene rings is 1. The van der Waals surface area contributed by atoms with Crippen molar-refractivity contribution in [1.29, 1.82) is 0 Å². The molecular formula is C18H22ClN3OS. The monoisotopic (exact) mass is 363 g/mol. The molecule has 2 atom stereocenters. The Kier molecular flexibility index (Phi) is 5.41. The van der Waals surface area contributed by atoms with Crippen LogP contribution in [-0.2, 0) is 6.54 Å². The van der Waals surface area contributed by atoms with Crippen LogP contribution in [0.25, 0.3) is 0 Å². The molecule has 2 heterocycles. The van der Waals surface area contributed by atoms with Crippen molar-refractivity contribution in [2.45, 2.75) is 51.7 Å². The van der Waals surface area contributed by atoms with Gasteiger partial charge < -0.3 is 10.2 Å². The molecule has 1 N–H and O–H groups in total. The molecule has 1 fully saturated rings. The molecule has 0 saturated carbocycles.